The highest BCUT2D eigenvalue weighted by Gasteiger charge is 2.21. The summed E-state index contributed by atoms with van der Waals surface area (Å²) in [6.45, 7) is 6.08. The summed E-state index contributed by atoms with van der Waals surface area (Å²) in [5.41, 5.74) is 3.10. The Labute approximate surface area is 184 Å². The summed E-state index contributed by atoms with van der Waals surface area (Å²) in [7, 11) is 3.14. The Morgan fingerprint density at radius 3 is 2.71 bits per heavy atom. The first kappa shape index (κ1) is 20.9. The van der Waals surface area contributed by atoms with Crippen molar-refractivity contribution in [3.8, 4) is 22.1 Å². The highest BCUT2D eigenvalue weighted by molar-refractivity contribution is 7.17. The second-order valence-electron chi connectivity index (χ2n) is 7.37. The molecule has 0 atom stereocenters. The molecule has 0 saturated heterocycles. The van der Waals surface area contributed by atoms with Crippen molar-refractivity contribution in [2.24, 2.45) is 0 Å². The molecule has 31 heavy (non-hydrogen) atoms. The number of anilines is 1. The smallest absolute Gasteiger partial charge is 0.267 e. The molecule has 7 nitrogen and oxygen atoms in total. The number of benzene rings is 1. The molecular weight excluding hydrogens is 412 g/mol. The summed E-state index contributed by atoms with van der Waals surface area (Å²) in [6.07, 6.45) is 3.85. The van der Waals surface area contributed by atoms with E-state index >= 15 is 0 Å². The van der Waals surface area contributed by atoms with Crippen LogP contribution in [-0.2, 0) is 0 Å². The monoisotopic (exact) mass is 436 g/mol. The number of amides is 1. The molecule has 0 saturated carbocycles. The fraction of sp³-hybridized carbons (Fsp3) is 0.261. The number of thiazole rings is 1. The first-order valence-corrected chi connectivity index (χ1v) is 10.7. The molecule has 160 valence electrons. The van der Waals surface area contributed by atoms with Crippen molar-refractivity contribution in [1.29, 1.82) is 0 Å². The summed E-state index contributed by atoms with van der Waals surface area (Å²) in [5.74, 6) is 0.952. The molecule has 0 aliphatic heterocycles. The van der Waals surface area contributed by atoms with Crippen LogP contribution in [0.5, 0.6) is 11.5 Å². The van der Waals surface area contributed by atoms with E-state index in [1.54, 1.807) is 38.6 Å². The van der Waals surface area contributed by atoms with Crippen LogP contribution in [-0.4, -0.2) is 34.7 Å². The Morgan fingerprint density at radius 1 is 1.19 bits per heavy atom. The number of carbonyl (C=O) groups excluding carboxylic acids is 1. The minimum atomic E-state index is -0.237. The fourth-order valence-corrected chi connectivity index (χ4v) is 4.45. The first-order chi connectivity index (χ1) is 14.9. The second-order valence-corrected chi connectivity index (χ2v) is 8.37. The minimum Gasteiger partial charge on any atom is -0.497 e. The molecule has 1 amide bonds. The van der Waals surface area contributed by atoms with Gasteiger partial charge in [-0.2, -0.15) is 0 Å². The van der Waals surface area contributed by atoms with E-state index in [-0.39, 0.29) is 11.9 Å². The second kappa shape index (κ2) is 8.39. The first-order valence-electron chi connectivity index (χ1n) is 9.89. The third-order valence-electron chi connectivity index (χ3n) is 5.03. The fourth-order valence-electron chi connectivity index (χ4n) is 3.46. The van der Waals surface area contributed by atoms with Gasteiger partial charge in [-0.1, -0.05) is 0 Å². The van der Waals surface area contributed by atoms with Gasteiger partial charge in [0.25, 0.3) is 5.91 Å². The van der Waals surface area contributed by atoms with Gasteiger partial charge in [0.2, 0.25) is 0 Å². The Hall–Kier alpha value is -3.39. The Bertz CT molecular complexity index is 1260. The maximum Gasteiger partial charge on any atom is 0.267 e. The summed E-state index contributed by atoms with van der Waals surface area (Å²) < 4.78 is 12.8. The van der Waals surface area contributed by atoms with E-state index in [2.05, 4.69) is 34.9 Å². The zero-order chi connectivity index (χ0) is 22.1. The number of fused-ring (bicyclic) bond motifs is 1. The minimum absolute atomic E-state index is 0.237. The van der Waals surface area contributed by atoms with Crippen LogP contribution in [0.15, 0.2) is 42.7 Å². The average Bonchev–Trinajstić information content (AvgIpc) is 3.34. The molecule has 3 aromatic heterocycles. The van der Waals surface area contributed by atoms with Gasteiger partial charge in [0.1, 0.15) is 27.0 Å². The lowest BCUT2D eigenvalue weighted by Crippen LogP contribution is -2.12. The molecule has 4 rings (SSSR count). The Kier molecular flexibility index (Phi) is 5.65. The molecule has 1 N–H and O–H groups in total. The van der Waals surface area contributed by atoms with Gasteiger partial charge < -0.3 is 19.4 Å². The molecule has 0 radical (unpaired) electrons. The predicted molar refractivity (Wildman–Crippen MR) is 123 cm³/mol. The lowest BCUT2D eigenvalue weighted by molar-refractivity contribution is 0.102. The average molecular weight is 437 g/mol. The van der Waals surface area contributed by atoms with E-state index in [1.165, 1.54) is 11.3 Å². The number of hydrogen-bond donors (Lipinski definition) is 1. The van der Waals surface area contributed by atoms with Crippen molar-refractivity contribution in [1.82, 2.24) is 14.5 Å². The van der Waals surface area contributed by atoms with Crippen LogP contribution in [0, 0.1) is 6.92 Å². The molecule has 0 aliphatic carbocycles. The lowest BCUT2D eigenvalue weighted by Gasteiger charge is -2.11. The number of hydrogen-bond acceptors (Lipinski definition) is 6. The van der Waals surface area contributed by atoms with Crippen LogP contribution in [0.2, 0.25) is 0 Å². The molecule has 0 bridgehead atoms. The van der Waals surface area contributed by atoms with Crippen molar-refractivity contribution >= 4 is 34.0 Å². The van der Waals surface area contributed by atoms with Crippen LogP contribution in [0.1, 0.15) is 35.3 Å². The molecule has 0 fully saturated rings. The summed E-state index contributed by atoms with van der Waals surface area (Å²) in [5, 5.41) is 4.74. The normalized spacial score (nSPS) is 11.2. The Morgan fingerprint density at radius 2 is 2.00 bits per heavy atom. The van der Waals surface area contributed by atoms with Crippen molar-refractivity contribution in [2.75, 3.05) is 19.5 Å². The molecule has 1 aromatic carbocycles. The van der Waals surface area contributed by atoms with Crippen LogP contribution >= 0.6 is 11.3 Å². The van der Waals surface area contributed by atoms with Gasteiger partial charge in [0, 0.05) is 35.5 Å². The predicted octanol–water partition coefficient (Wildman–Crippen LogP) is 5.32. The number of nitrogens with one attached hydrogen (secondary N) is 1. The van der Waals surface area contributed by atoms with Gasteiger partial charge >= 0.3 is 0 Å². The van der Waals surface area contributed by atoms with Gasteiger partial charge in [-0.25, -0.2) is 9.97 Å². The van der Waals surface area contributed by atoms with Crippen molar-refractivity contribution in [3.05, 3.63) is 53.3 Å². The van der Waals surface area contributed by atoms with Crippen LogP contribution in [0.25, 0.3) is 21.6 Å². The number of pyridine rings is 1. The van der Waals surface area contributed by atoms with Gasteiger partial charge in [-0.15, -0.1) is 11.3 Å². The molecular formula is C23H24N4O3S. The lowest BCUT2D eigenvalue weighted by atomic mass is 10.2. The molecule has 8 heteroatoms. The van der Waals surface area contributed by atoms with E-state index in [0.717, 1.165) is 21.6 Å². The van der Waals surface area contributed by atoms with Crippen molar-refractivity contribution < 1.29 is 14.3 Å². The van der Waals surface area contributed by atoms with E-state index < -0.39 is 0 Å². The van der Waals surface area contributed by atoms with Crippen LogP contribution in [0.3, 0.4) is 0 Å². The van der Waals surface area contributed by atoms with E-state index in [1.807, 2.05) is 19.1 Å². The van der Waals surface area contributed by atoms with Crippen molar-refractivity contribution in [2.45, 2.75) is 26.8 Å². The largest absolute Gasteiger partial charge is 0.497 e. The molecule has 3 heterocycles. The zero-order valence-corrected chi connectivity index (χ0v) is 18.9. The van der Waals surface area contributed by atoms with E-state index in [4.69, 9.17) is 14.5 Å². The maximum atomic E-state index is 13.1. The van der Waals surface area contributed by atoms with E-state index in [9.17, 15) is 4.79 Å². The number of aromatic nitrogens is 3. The quantitative estimate of drug-likeness (QED) is 0.443. The molecule has 4 aromatic rings. The summed E-state index contributed by atoms with van der Waals surface area (Å²) >= 11 is 1.37. The van der Waals surface area contributed by atoms with Gasteiger partial charge in [-0.05, 0) is 45.0 Å². The maximum absolute atomic E-state index is 13.1. The van der Waals surface area contributed by atoms with Gasteiger partial charge in [-0.3, -0.25) is 4.79 Å². The molecule has 0 aliphatic rings. The van der Waals surface area contributed by atoms with Gasteiger partial charge in [0.05, 0.1) is 25.6 Å². The summed E-state index contributed by atoms with van der Waals surface area (Å²) in [4.78, 5) is 22.9. The molecule has 0 unspecified atom stereocenters. The number of carbonyl (C=O) groups is 1. The standard InChI is InChI=1S/C23H24N4O3S/c1-13(2)27-12-17(16-7-6-10-24-21(16)27)23-25-14(3)20(31-23)22(28)26-18-11-15(29-4)8-9-19(18)30-5/h6-13H,1-5H3,(H,26,28). The molecule has 0 spiro atoms. The highest BCUT2D eigenvalue weighted by atomic mass is 32.1. The van der Waals surface area contributed by atoms with E-state index in [0.29, 0.717) is 27.8 Å². The highest BCUT2D eigenvalue weighted by Crippen LogP contribution is 2.36. The SMILES string of the molecule is COc1ccc(OC)c(NC(=O)c2sc(-c3cn(C(C)C)c4ncccc34)nc2C)c1. The van der Waals surface area contributed by atoms with Crippen LogP contribution in [0.4, 0.5) is 5.69 Å². The summed E-state index contributed by atoms with van der Waals surface area (Å²) in [6, 6.07) is 9.48. The van der Waals surface area contributed by atoms with Gasteiger partial charge in [0.15, 0.2) is 0 Å². The number of aryl methyl sites for hydroxylation is 1. The number of rotatable bonds is 6. The topological polar surface area (TPSA) is 78.3 Å². The third kappa shape index (κ3) is 3.86. The van der Waals surface area contributed by atoms with Crippen molar-refractivity contribution in [3.63, 3.8) is 0 Å². The number of methoxy groups -OCH3 is 2. The third-order valence-corrected chi connectivity index (χ3v) is 6.22. The Balaban J connectivity index is 1.71. The zero-order valence-electron chi connectivity index (χ0n) is 18.1. The number of nitrogens with zero attached hydrogens (tertiary/aromatic N) is 3. The van der Waals surface area contributed by atoms with Crippen LogP contribution < -0.4 is 14.8 Å². The number of ether oxygens (including phenoxy) is 2.